The van der Waals surface area contributed by atoms with Gasteiger partial charge in [0.25, 0.3) is 6.43 Å². The second-order valence-corrected chi connectivity index (χ2v) is 3.68. The molecule has 76 valence electrons. The number of alkyl halides is 2. The van der Waals surface area contributed by atoms with Gasteiger partial charge in [0.2, 0.25) is 0 Å². The lowest BCUT2D eigenvalue weighted by atomic mass is 10.1. The number of hydrogen-bond acceptors (Lipinski definition) is 3. The fourth-order valence-electron chi connectivity index (χ4n) is 1.06. The Balaban J connectivity index is 3.40. The highest BCUT2D eigenvalue weighted by molar-refractivity contribution is 14.1. The summed E-state index contributed by atoms with van der Waals surface area (Å²) < 4.78 is 25.4. The van der Waals surface area contributed by atoms with E-state index < -0.39 is 6.43 Å². The maximum absolute atomic E-state index is 12.5. The van der Waals surface area contributed by atoms with E-state index >= 15 is 0 Å². The van der Waals surface area contributed by atoms with Gasteiger partial charge in [-0.2, -0.15) is 10.5 Å². The maximum atomic E-state index is 12.5. The van der Waals surface area contributed by atoms with Crippen LogP contribution in [0.1, 0.15) is 23.2 Å². The van der Waals surface area contributed by atoms with E-state index in [-0.39, 0.29) is 23.2 Å². The van der Waals surface area contributed by atoms with Crippen LogP contribution in [0.25, 0.3) is 0 Å². The van der Waals surface area contributed by atoms with Crippen molar-refractivity contribution in [2.45, 2.75) is 12.8 Å². The molecule has 0 saturated carbocycles. The van der Waals surface area contributed by atoms with Crippen LogP contribution in [0.3, 0.4) is 0 Å². The SMILES string of the molecule is N#CCc1c(C(F)F)cnc(C#N)c1I. The van der Waals surface area contributed by atoms with Crippen molar-refractivity contribution in [3.05, 3.63) is 26.6 Å². The van der Waals surface area contributed by atoms with E-state index in [1.807, 2.05) is 0 Å². The Bertz CT molecular complexity index is 460. The zero-order chi connectivity index (χ0) is 11.4. The first kappa shape index (κ1) is 11.8. The average molecular weight is 319 g/mol. The number of aromatic nitrogens is 1. The standard InChI is InChI=1S/C9H4F2IN3/c10-9(11)6-4-15-7(3-14)8(12)5(6)1-2-13/h4,9H,1H2. The fourth-order valence-corrected chi connectivity index (χ4v) is 1.83. The molecule has 0 bridgehead atoms. The molecule has 0 atom stereocenters. The molecular weight excluding hydrogens is 315 g/mol. The summed E-state index contributed by atoms with van der Waals surface area (Å²) >= 11 is 1.75. The number of rotatable bonds is 2. The van der Waals surface area contributed by atoms with Crippen LogP contribution in [0.4, 0.5) is 8.78 Å². The minimum absolute atomic E-state index is 0.0743. The molecule has 0 N–H and O–H groups in total. The Labute approximate surface area is 98.5 Å². The molecule has 3 nitrogen and oxygen atoms in total. The summed E-state index contributed by atoms with van der Waals surface area (Å²) in [4.78, 5) is 3.60. The van der Waals surface area contributed by atoms with Gasteiger partial charge in [-0.15, -0.1) is 0 Å². The van der Waals surface area contributed by atoms with Crippen molar-refractivity contribution in [1.82, 2.24) is 4.98 Å². The van der Waals surface area contributed by atoms with Crippen LogP contribution in [0.15, 0.2) is 6.20 Å². The summed E-state index contributed by atoms with van der Waals surface area (Å²) in [7, 11) is 0. The second-order valence-electron chi connectivity index (χ2n) is 2.60. The first-order chi connectivity index (χ1) is 7.11. The Morgan fingerprint density at radius 2 is 2.13 bits per heavy atom. The molecule has 0 amide bonds. The molecule has 0 aliphatic rings. The van der Waals surface area contributed by atoms with E-state index in [0.29, 0.717) is 3.57 Å². The van der Waals surface area contributed by atoms with Gasteiger partial charge in [0, 0.05) is 11.8 Å². The molecule has 0 aliphatic carbocycles. The van der Waals surface area contributed by atoms with Crippen molar-refractivity contribution >= 4 is 22.6 Å². The highest BCUT2D eigenvalue weighted by Gasteiger charge is 2.18. The normalized spacial score (nSPS) is 9.73. The van der Waals surface area contributed by atoms with Crippen LogP contribution in [-0.4, -0.2) is 4.98 Å². The van der Waals surface area contributed by atoms with Gasteiger partial charge in [-0.25, -0.2) is 13.8 Å². The number of hydrogen-bond donors (Lipinski definition) is 0. The molecule has 6 heteroatoms. The average Bonchev–Trinajstić information content (AvgIpc) is 2.20. The molecule has 1 aromatic rings. The minimum Gasteiger partial charge on any atom is -0.244 e. The van der Waals surface area contributed by atoms with Crippen LogP contribution >= 0.6 is 22.6 Å². The van der Waals surface area contributed by atoms with Gasteiger partial charge in [-0.05, 0) is 28.2 Å². The van der Waals surface area contributed by atoms with Crippen LogP contribution in [0.5, 0.6) is 0 Å². The van der Waals surface area contributed by atoms with E-state index in [2.05, 4.69) is 4.98 Å². The molecule has 0 saturated heterocycles. The summed E-state index contributed by atoms with van der Waals surface area (Å²) in [6, 6.07) is 3.58. The van der Waals surface area contributed by atoms with Gasteiger partial charge in [-0.1, -0.05) is 0 Å². The molecule has 0 unspecified atom stereocenters. The zero-order valence-corrected chi connectivity index (χ0v) is 9.49. The van der Waals surface area contributed by atoms with Crippen LogP contribution in [-0.2, 0) is 6.42 Å². The summed E-state index contributed by atoms with van der Waals surface area (Å²) in [5, 5.41) is 17.2. The van der Waals surface area contributed by atoms with Gasteiger partial charge in [0.15, 0.2) is 5.69 Å². The lowest BCUT2D eigenvalue weighted by molar-refractivity contribution is 0.150. The van der Waals surface area contributed by atoms with Crippen molar-refractivity contribution in [1.29, 1.82) is 10.5 Å². The van der Waals surface area contributed by atoms with E-state index in [1.54, 1.807) is 34.7 Å². The minimum atomic E-state index is -2.68. The first-order valence-corrected chi connectivity index (χ1v) is 4.92. The number of halogens is 3. The van der Waals surface area contributed by atoms with Crippen LogP contribution in [0.2, 0.25) is 0 Å². The number of pyridine rings is 1. The molecule has 1 rings (SSSR count). The molecule has 1 heterocycles. The van der Waals surface area contributed by atoms with E-state index in [0.717, 1.165) is 6.20 Å². The zero-order valence-electron chi connectivity index (χ0n) is 7.34. The van der Waals surface area contributed by atoms with E-state index in [1.165, 1.54) is 0 Å². The first-order valence-electron chi connectivity index (χ1n) is 3.84. The topological polar surface area (TPSA) is 60.5 Å². The van der Waals surface area contributed by atoms with Gasteiger partial charge < -0.3 is 0 Å². The van der Waals surface area contributed by atoms with Crippen molar-refractivity contribution in [3.63, 3.8) is 0 Å². The lowest BCUT2D eigenvalue weighted by Gasteiger charge is -2.08. The molecule has 0 aliphatic heterocycles. The number of nitrogens with zero attached hydrogens (tertiary/aromatic N) is 3. The van der Waals surface area contributed by atoms with Crippen molar-refractivity contribution in [2.75, 3.05) is 0 Å². The molecule has 1 aromatic heterocycles. The Morgan fingerprint density at radius 3 is 2.60 bits per heavy atom. The molecule has 0 fully saturated rings. The smallest absolute Gasteiger partial charge is 0.244 e. The summed E-state index contributed by atoms with van der Waals surface area (Å²) in [5.41, 5.74) is -0.00940. The Hall–Kier alpha value is -1.28. The third-order valence-electron chi connectivity index (χ3n) is 1.75. The van der Waals surface area contributed by atoms with Crippen molar-refractivity contribution in [3.8, 4) is 12.1 Å². The molecule has 0 radical (unpaired) electrons. The highest BCUT2D eigenvalue weighted by Crippen LogP contribution is 2.27. The second kappa shape index (κ2) is 4.99. The Kier molecular flexibility index (Phi) is 3.92. The summed E-state index contributed by atoms with van der Waals surface area (Å²) in [6.45, 7) is 0. The highest BCUT2D eigenvalue weighted by atomic mass is 127. The third kappa shape index (κ3) is 2.39. The largest absolute Gasteiger partial charge is 0.265 e. The third-order valence-corrected chi connectivity index (χ3v) is 2.91. The maximum Gasteiger partial charge on any atom is 0.265 e. The predicted octanol–water partition coefficient (Wildman–Crippen LogP) is 2.56. The molecule has 0 spiro atoms. The monoisotopic (exact) mass is 319 g/mol. The summed E-state index contributed by atoms with van der Waals surface area (Å²) in [5.74, 6) is 0. The van der Waals surface area contributed by atoms with Gasteiger partial charge in [0.1, 0.15) is 6.07 Å². The predicted molar refractivity (Wildman–Crippen MR) is 55.9 cm³/mol. The molecular formula is C9H4F2IN3. The van der Waals surface area contributed by atoms with Crippen LogP contribution in [0, 0.1) is 26.2 Å². The Morgan fingerprint density at radius 1 is 1.47 bits per heavy atom. The molecule has 15 heavy (non-hydrogen) atoms. The fraction of sp³-hybridized carbons (Fsp3) is 0.222. The quantitative estimate of drug-likeness (QED) is 0.787. The van der Waals surface area contributed by atoms with Gasteiger partial charge >= 0.3 is 0 Å². The van der Waals surface area contributed by atoms with E-state index in [9.17, 15) is 8.78 Å². The lowest BCUT2D eigenvalue weighted by Crippen LogP contribution is -2.02. The van der Waals surface area contributed by atoms with Crippen molar-refractivity contribution < 1.29 is 8.78 Å². The van der Waals surface area contributed by atoms with Crippen LogP contribution < -0.4 is 0 Å². The number of nitriles is 2. The van der Waals surface area contributed by atoms with E-state index in [4.69, 9.17) is 10.5 Å². The van der Waals surface area contributed by atoms with Crippen molar-refractivity contribution in [2.24, 2.45) is 0 Å². The summed E-state index contributed by atoms with van der Waals surface area (Å²) in [6.07, 6.45) is -1.87. The molecule has 0 aromatic carbocycles. The van der Waals surface area contributed by atoms with Gasteiger partial charge in [0.05, 0.1) is 16.1 Å². The van der Waals surface area contributed by atoms with Gasteiger partial charge in [-0.3, -0.25) is 0 Å².